The van der Waals surface area contributed by atoms with Crippen LogP contribution in [-0.2, 0) is 0 Å². The Kier molecular flexibility index (Phi) is 4.03. The first-order valence-corrected chi connectivity index (χ1v) is 10.4. The molecule has 28 heavy (non-hydrogen) atoms. The van der Waals surface area contributed by atoms with Crippen LogP contribution in [0.2, 0.25) is 0 Å². The maximum Gasteiger partial charge on any atom is 0.202 e. The number of anilines is 1. The number of ether oxygens (including phenoxy) is 1. The van der Waals surface area contributed by atoms with E-state index in [4.69, 9.17) is 10.5 Å². The number of rotatable bonds is 4. The highest BCUT2D eigenvalue weighted by atomic mass is 32.1. The number of nitrogens with two attached hydrogens (primary N) is 1. The Balaban J connectivity index is 1.87. The molecule has 5 rings (SSSR count). The Morgan fingerprint density at radius 2 is 2.18 bits per heavy atom. The molecule has 0 bridgehead atoms. The molecule has 2 aromatic heterocycles. The molecule has 1 aromatic carbocycles. The predicted octanol–water partition coefficient (Wildman–Crippen LogP) is 3.19. The van der Waals surface area contributed by atoms with Gasteiger partial charge in [-0.3, -0.25) is 4.79 Å². The van der Waals surface area contributed by atoms with Crippen molar-refractivity contribution in [3.05, 3.63) is 27.5 Å². The summed E-state index contributed by atoms with van der Waals surface area (Å²) >= 11 is 1.34. The zero-order valence-corrected chi connectivity index (χ0v) is 16.4. The fourth-order valence-corrected chi connectivity index (χ4v) is 5.39. The average molecular weight is 403 g/mol. The lowest BCUT2D eigenvalue weighted by Crippen LogP contribution is -2.24. The number of hydrogen-bond acceptors (Lipinski definition) is 6. The third kappa shape index (κ3) is 2.44. The summed E-state index contributed by atoms with van der Waals surface area (Å²) in [6.07, 6.45) is 2.88. The third-order valence-corrected chi connectivity index (χ3v) is 6.88. The van der Waals surface area contributed by atoms with Gasteiger partial charge in [0.25, 0.3) is 0 Å². The van der Waals surface area contributed by atoms with Gasteiger partial charge < -0.3 is 25.0 Å². The Labute approximate surface area is 164 Å². The molecule has 8 heteroatoms. The largest absolute Gasteiger partial charge is 0.506 e. The van der Waals surface area contributed by atoms with Gasteiger partial charge in [0.05, 0.1) is 23.4 Å². The molecule has 1 aliphatic heterocycles. The van der Waals surface area contributed by atoms with Gasteiger partial charge >= 0.3 is 0 Å². The quantitative estimate of drug-likeness (QED) is 0.699. The smallest absolute Gasteiger partial charge is 0.202 e. The fraction of sp³-hybridized carbons (Fsp3) is 0.450. The molecule has 0 spiro atoms. The molecule has 2 fully saturated rings. The van der Waals surface area contributed by atoms with Crippen molar-refractivity contribution in [1.82, 2.24) is 4.57 Å². The van der Waals surface area contributed by atoms with Crippen LogP contribution in [0.5, 0.6) is 11.5 Å². The van der Waals surface area contributed by atoms with Crippen LogP contribution in [0.3, 0.4) is 0 Å². The van der Waals surface area contributed by atoms with Crippen LogP contribution in [0, 0.1) is 11.7 Å². The minimum atomic E-state index is -0.476. The maximum absolute atomic E-state index is 15.2. The number of nitrogens with zero attached hydrogens (tertiary/aromatic N) is 2. The highest BCUT2D eigenvalue weighted by Gasteiger charge is 2.34. The number of aromatic hydroxyl groups is 1. The van der Waals surface area contributed by atoms with Crippen LogP contribution in [0.4, 0.5) is 10.1 Å². The van der Waals surface area contributed by atoms with Crippen molar-refractivity contribution in [2.45, 2.75) is 25.3 Å². The normalized spacial score (nSPS) is 19.8. The molecule has 3 N–H and O–H groups in total. The molecule has 1 saturated heterocycles. The molecule has 2 aliphatic rings. The molecule has 3 aromatic rings. The summed E-state index contributed by atoms with van der Waals surface area (Å²) in [4.78, 5) is 15.8. The van der Waals surface area contributed by atoms with Gasteiger partial charge in [-0.15, -0.1) is 11.3 Å². The summed E-state index contributed by atoms with van der Waals surface area (Å²) < 4.78 is 23.0. The first-order valence-electron chi connectivity index (χ1n) is 9.55. The van der Waals surface area contributed by atoms with E-state index in [1.165, 1.54) is 24.5 Å². The van der Waals surface area contributed by atoms with Crippen LogP contribution < -0.4 is 20.8 Å². The van der Waals surface area contributed by atoms with Gasteiger partial charge in [0.2, 0.25) is 5.43 Å². The first kappa shape index (κ1) is 17.8. The van der Waals surface area contributed by atoms with E-state index in [2.05, 4.69) is 4.57 Å². The second-order valence-corrected chi connectivity index (χ2v) is 8.56. The van der Waals surface area contributed by atoms with E-state index in [9.17, 15) is 9.90 Å². The molecule has 3 heterocycles. The van der Waals surface area contributed by atoms with Crippen molar-refractivity contribution in [3.8, 4) is 11.5 Å². The minimum absolute atomic E-state index is 0.0462. The lowest BCUT2D eigenvalue weighted by atomic mass is 10.1. The van der Waals surface area contributed by atoms with Crippen LogP contribution in [-0.4, -0.2) is 36.4 Å². The number of methoxy groups -OCH3 is 1. The molecule has 1 saturated carbocycles. The molecular weight excluding hydrogens is 381 g/mol. The molecule has 1 aliphatic carbocycles. The van der Waals surface area contributed by atoms with Crippen molar-refractivity contribution >= 4 is 38.1 Å². The molecule has 1 atom stereocenters. The van der Waals surface area contributed by atoms with Gasteiger partial charge in [-0.05, 0) is 37.8 Å². The zero-order valence-electron chi connectivity index (χ0n) is 15.6. The van der Waals surface area contributed by atoms with Crippen LogP contribution >= 0.6 is 11.3 Å². The summed E-state index contributed by atoms with van der Waals surface area (Å²) in [5.41, 5.74) is 6.48. The van der Waals surface area contributed by atoms with Crippen LogP contribution in [0.15, 0.2) is 16.2 Å². The summed E-state index contributed by atoms with van der Waals surface area (Å²) in [5.74, 6) is 0.194. The molecule has 6 nitrogen and oxygen atoms in total. The number of fused-ring (bicyclic) bond motifs is 2. The molecular formula is C20H22FN3O3S. The summed E-state index contributed by atoms with van der Waals surface area (Å²) in [6, 6.07) is 1.53. The van der Waals surface area contributed by atoms with Gasteiger partial charge in [0, 0.05) is 24.5 Å². The second-order valence-electron chi connectivity index (χ2n) is 7.70. The maximum atomic E-state index is 15.2. The van der Waals surface area contributed by atoms with Crippen molar-refractivity contribution in [2.75, 3.05) is 31.6 Å². The minimum Gasteiger partial charge on any atom is -0.506 e. The third-order valence-electron chi connectivity index (χ3n) is 5.92. The number of hydrogen-bond donors (Lipinski definition) is 2. The van der Waals surface area contributed by atoms with Crippen LogP contribution in [0.1, 0.15) is 25.3 Å². The Morgan fingerprint density at radius 3 is 2.82 bits per heavy atom. The van der Waals surface area contributed by atoms with Crippen LogP contribution in [0.25, 0.3) is 21.1 Å². The number of pyridine rings is 1. The predicted molar refractivity (Wildman–Crippen MR) is 109 cm³/mol. The van der Waals surface area contributed by atoms with E-state index >= 15 is 4.39 Å². The Bertz CT molecular complexity index is 1150. The van der Waals surface area contributed by atoms with Gasteiger partial charge in [-0.2, -0.15) is 0 Å². The fourth-order valence-electron chi connectivity index (χ4n) is 4.38. The number of benzene rings is 1. The molecule has 0 unspecified atom stereocenters. The number of halogens is 1. The van der Waals surface area contributed by atoms with Gasteiger partial charge in [0.1, 0.15) is 16.3 Å². The second kappa shape index (κ2) is 6.35. The van der Waals surface area contributed by atoms with E-state index in [1.807, 2.05) is 4.90 Å². The van der Waals surface area contributed by atoms with Crippen molar-refractivity contribution < 1.29 is 14.2 Å². The van der Waals surface area contributed by atoms with Crippen molar-refractivity contribution in [3.63, 3.8) is 0 Å². The van der Waals surface area contributed by atoms with E-state index in [1.54, 1.807) is 5.38 Å². The summed E-state index contributed by atoms with van der Waals surface area (Å²) in [5, 5.41) is 12.3. The van der Waals surface area contributed by atoms with Gasteiger partial charge in [-0.1, -0.05) is 0 Å². The highest BCUT2D eigenvalue weighted by Crippen LogP contribution is 2.47. The monoisotopic (exact) mass is 403 g/mol. The molecule has 148 valence electrons. The topological polar surface area (TPSA) is 80.7 Å². The lowest BCUT2D eigenvalue weighted by Gasteiger charge is -2.24. The highest BCUT2D eigenvalue weighted by molar-refractivity contribution is 7.17. The number of aromatic nitrogens is 1. The SMILES string of the molecule is COc1c(N2CC[C@@H](CN)C2)c(F)cc2c(=O)c3c(O)csc3n(C3CC3)c12. The van der Waals surface area contributed by atoms with Crippen molar-refractivity contribution in [1.29, 1.82) is 0 Å². The van der Waals surface area contributed by atoms with E-state index < -0.39 is 5.82 Å². The standard InChI is InChI=1S/C20H22FN3O3S/c1-27-19-16-12(6-13(21)17(19)23-5-4-10(7-22)8-23)18(26)15-14(25)9-28-20(15)24(16)11-2-3-11/h6,9-11,25H,2-5,7-8,22H2,1H3/t10-/m0/s1. The first-order chi connectivity index (χ1) is 13.5. The lowest BCUT2D eigenvalue weighted by molar-refractivity contribution is 0.414. The Morgan fingerprint density at radius 1 is 1.39 bits per heavy atom. The molecule has 0 radical (unpaired) electrons. The van der Waals surface area contributed by atoms with E-state index in [0.717, 1.165) is 24.1 Å². The van der Waals surface area contributed by atoms with Gasteiger partial charge in [-0.25, -0.2) is 4.39 Å². The number of thiophene rings is 1. The average Bonchev–Trinajstić information content (AvgIpc) is 3.28. The zero-order chi connectivity index (χ0) is 19.6. The Hall–Kier alpha value is -2.32. The van der Waals surface area contributed by atoms with Gasteiger partial charge in [0.15, 0.2) is 11.6 Å². The summed E-state index contributed by atoms with van der Waals surface area (Å²) in [6.45, 7) is 1.94. The molecule has 0 amide bonds. The van der Waals surface area contributed by atoms with E-state index in [-0.39, 0.29) is 28.0 Å². The summed E-state index contributed by atoms with van der Waals surface area (Å²) in [7, 11) is 1.52. The van der Waals surface area contributed by atoms with E-state index in [0.29, 0.717) is 42.5 Å². The van der Waals surface area contributed by atoms with Crippen molar-refractivity contribution in [2.24, 2.45) is 11.7 Å².